The van der Waals surface area contributed by atoms with Gasteiger partial charge in [-0.2, -0.15) is 5.10 Å². The van der Waals surface area contributed by atoms with E-state index in [4.69, 9.17) is 11.6 Å². The van der Waals surface area contributed by atoms with Crippen LogP contribution in [0.3, 0.4) is 0 Å². The van der Waals surface area contributed by atoms with E-state index in [1.165, 1.54) is 17.2 Å². The van der Waals surface area contributed by atoms with Crippen molar-refractivity contribution in [3.05, 3.63) is 81.6 Å². The Bertz CT molecular complexity index is 1250. The maximum atomic E-state index is 12.5. The number of nitrogens with zero attached hydrogens (tertiary/aromatic N) is 3. The first-order valence-electron chi connectivity index (χ1n) is 11.2. The van der Waals surface area contributed by atoms with E-state index in [2.05, 4.69) is 46.9 Å². The van der Waals surface area contributed by atoms with Gasteiger partial charge >= 0.3 is 0 Å². The van der Waals surface area contributed by atoms with E-state index in [0.29, 0.717) is 30.3 Å². The predicted molar refractivity (Wildman–Crippen MR) is 136 cm³/mol. The molecule has 0 saturated carbocycles. The highest BCUT2D eigenvalue weighted by atomic mass is 35.5. The van der Waals surface area contributed by atoms with Gasteiger partial charge in [-0.25, -0.2) is 0 Å². The van der Waals surface area contributed by atoms with Crippen molar-refractivity contribution >= 4 is 40.9 Å². The van der Waals surface area contributed by atoms with E-state index < -0.39 is 0 Å². The number of benzene rings is 2. The van der Waals surface area contributed by atoms with Crippen LogP contribution in [-0.2, 0) is 16.1 Å². The molecule has 1 aliphatic rings. The lowest BCUT2D eigenvalue weighted by atomic mass is 10.1. The number of halogens is 1. The highest BCUT2D eigenvalue weighted by Crippen LogP contribution is 2.29. The highest BCUT2D eigenvalue weighted by molar-refractivity contribution is 6.33. The molecule has 4 rings (SSSR count). The third-order valence-electron chi connectivity index (χ3n) is 5.89. The van der Waals surface area contributed by atoms with Crippen LogP contribution in [0.25, 0.3) is 6.08 Å². The number of anilines is 2. The molecule has 2 amide bonds. The summed E-state index contributed by atoms with van der Waals surface area (Å²) in [6, 6.07) is 13.7. The van der Waals surface area contributed by atoms with Gasteiger partial charge in [0.1, 0.15) is 0 Å². The summed E-state index contributed by atoms with van der Waals surface area (Å²) in [5.74, 6) is -0.288. The van der Waals surface area contributed by atoms with Gasteiger partial charge in [0, 0.05) is 36.1 Å². The third-order valence-corrected chi connectivity index (χ3v) is 6.19. The fourth-order valence-corrected chi connectivity index (χ4v) is 4.30. The molecular formula is C26H28ClN5O2. The molecule has 3 aromatic rings. The van der Waals surface area contributed by atoms with Crippen LogP contribution in [0.1, 0.15) is 28.1 Å². The van der Waals surface area contributed by atoms with Gasteiger partial charge in [0.25, 0.3) is 0 Å². The molecule has 0 atom stereocenters. The van der Waals surface area contributed by atoms with Crippen LogP contribution in [0, 0.1) is 20.8 Å². The van der Waals surface area contributed by atoms with Gasteiger partial charge in [0.15, 0.2) is 0 Å². The van der Waals surface area contributed by atoms with Crippen LogP contribution in [0.4, 0.5) is 11.4 Å². The topological polar surface area (TPSA) is 79.3 Å². The number of rotatable bonds is 6. The zero-order chi connectivity index (χ0) is 24.2. The molecule has 1 aromatic heterocycles. The first-order chi connectivity index (χ1) is 16.3. The van der Waals surface area contributed by atoms with Crippen molar-refractivity contribution in [2.75, 3.05) is 29.9 Å². The molecule has 7 nitrogen and oxygen atoms in total. The number of nitrogens with one attached hydrogen (secondary N) is 2. The minimum absolute atomic E-state index is 0.0300. The summed E-state index contributed by atoms with van der Waals surface area (Å²) in [6.07, 6.45) is 3.30. The Morgan fingerprint density at radius 2 is 1.94 bits per heavy atom. The van der Waals surface area contributed by atoms with Crippen LogP contribution in [0.15, 0.2) is 48.5 Å². The average molecular weight is 478 g/mol. The number of hydrogen-bond donors (Lipinski definition) is 2. The van der Waals surface area contributed by atoms with E-state index in [1.54, 1.807) is 18.2 Å². The van der Waals surface area contributed by atoms with E-state index in [1.807, 2.05) is 29.5 Å². The van der Waals surface area contributed by atoms with Gasteiger partial charge in [-0.05, 0) is 50.6 Å². The Morgan fingerprint density at radius 1 is 1.18 bits per heavy atom. The summed E-state index contributed by atoms with van der Waals surface area (Å²) in [5, 5.41) is 10.8. The van der Waals surface area contributed by atoms with Gasteiger partial charge < -0.3 is 15.5 Å². The van der Waals surface area contributed by atoms with Crippen LogP contribution in [0.5, 0.6) is 0 Å². The molecule has 2 N–H and O–H groups in total. The van der Waals surface area contributed by atoms with Crippen LogP contribution in [0.2, 0.25) is 5.02 Å². The second kappa shape index (κ2) is 10.1. The molecule has 0 aliphatic carbocycles. The molecule has 2 heterocycles. The number of hydrogen-bond acceptors (Lipinski definition) is 4. The smallest absolute Gasteiger partial charge is 0.248 e. The molecule has 0 unspecified atom stereocenters. The van der Waals surface area contributed by atoms with E-state index in [9.17, 15) is 9.59 Å². The molecule has 0 spiro atoms. The molecule has 1 aliphatic heterocycles. The Labute approximate surface area is 204 Å². The second-order valence-electron chi connectivity index (χ2n) is 8.49. The van der Waals surface area contributed by atoms with Crippen molar-refractivity contribution in [1.29, 1.82) is 0 Å². The molecular weight excluding hydrogens is 450 g/mol. The van der Waals surface area contributed by atoms with Crippen molar-refractivity contribution in [3.8, 4) is 0 Å². The summed E-state index contributed by atoms with van der Waals surface area (Å²) in [6.45, 7) is 8.23. The number of carbonyl (C=O) groups is 2. The molecule has 176 valence electrons. The van der Waals surface area contributed by atoms with Crippen molar-refractivity contribution < 1.29 is 9.59 Å². The van der Waals surface area contributed by atoms with Crippen LogP contribution < -0.4 is 15.5 Å². The minimum atomic E-state index is -0.258. The molecule has 2 aromatic carbocycles. The van der Waals surface area contributed by atoms with Crippen LogP contribution in [-0.4, -0.2) is 41.2 Å². The molecule has 0 radical (unpaired) electrons. The second-order valence-corrected chi connectivity index (χ2v) is 8.90. The molecule has 1 saturated heterocycles. The van der Waals surface area contributed by atoms with Gasteiger partial charge in [-0.15, -0.1) is 0 Å². The number of carbonyl (C=O) groups excluding carboxylic acids is 2. The Hall–Kier alpha value is -3.58. The van der Waals surface area contributed by atoms with Crippen molar-refractivity contribution in [1.82, 2.24) is 15.1 Å². The summed E-state index contributed by atoms with van der Waals surface area (Å²) in [7, 11) is 0. The predicted octanol–water partition coefficient (Wildman–Crippen LogP) is 4.10. The fourth-order valence-electron chi connectivity index (χ4n) is 4.00. The van der Waals surface area contributed by atoms with E-state index >= 15 is 0 Å². The normalized spacial score (nSPS) is 13.9. The number of piperazine rings is 1. The van der Waals surface area contributed by atoms with Gasteiger partial charge in [-0.3, -0.25) is 14.3 Å². The Morgan fingerprint density at radius 3 is 2.65 bits per heavy atom. The van der Waals surface area contributed by atoms with E-state index in [0.717, 1.165) is 22.6 Å². The zero-order valence-electron chi connectivity index (χ0n) is 19.6. The number of aromatic nitrogens is 2. The van der Waals surface area contributed by atoms with Gasteiger partial charge in [0.2, 0.25) is 11.8 Å². The Kier molecular flexibility index (Phi) is 7.03. The van der Waals surface area contributed by atoms with E-state index in [-0.39, 0.29) is 18.4 Å². The highest BCUT2D eigenvalue weighted by Gasteiger charge is 2.19. The first kappa shape index (κ1) is 23.6. The first-order valence-corrected chi connectivity index (χ1v) is 11.6. The lowest BCUT2D eigenvalue weighted by Gasteiger charge is -2.29. The van der Waals surface area contributed by atoms with Crippen molar-refractivity contribution in [2.45, 2.75) is 27.3 Å². The zero-order valence-corrected chi connectivity index (χ0v) is 20.3. The molecule has 8 heteroatoms. The lowest BCUT2D eigenvalue weighted by molar-refractivity contribution is -0.120. The van der Waals surface area contributed by atoms with Crippen molar-refractivity contribution in [3.63, 3.8) is 0 Å². The van der Waals surface area contributed by atoms with Gasteiger partial charge in [-0.1, -0.05) is 41.4 Å². The average Bonchev–Trinajstić information content (AvgIpc) is 3.06. The molecule has 0 bridgehead atoms. The number of aryl methyl sites for hydroxylation is 2. The summed E-state index contributed by atoms with van der Waals surface area (Å²) < 4.78 is 1.96. The molecule has 34 heavy (non-hydrogen) atoms. The van der Waals surface area contributed by atoms with Crippen LogP contribution >= 0.6 is 11.6 Å². The minimum Gasteiger partial charge on any atom is -0.359 e. The summed E-state index contributed by atoms with van der Waals surface area (Å²) in [5.41, 5.74) is 6.56. The summed E-state index contributed by atoms with van der Waals surface area (Å²) in [4.78, 5) is 26.1. The Balaban J connectivity index is 1.42. The monoisotopic (exact) mass is 477 g/mol. The largest absolute Gasteiger partial charge is 0.359 e. The molecule has 1 fully saturated rings. The fraction of sp³-hybridized carbons (Fsp3) is 0.269. The quantitative estimate of drug-likeness (QED) is 0.524. The maximum Gasteiger partial charge on any atom is 0.248 e. The van der Waals surface area contributed by atoms with Crippen molar-refractivity contribution in [2.24, 2.45) is 0 Å². The van der Waals surface area contributed by atoms with Gasteiger partial charge in [0.05, 0.1) is 29.5 Å². The lowest BCUT2D eigenvalue weighted by Crippen LogP contribution is -2.47. The standard InChI is InChI=1S/C26H28ClN5O2/c1-17-4-6-20(7-5-17)15-32-19(3)22(18(2)30-32)9-11-25(33)29-21-8-10-24(23(27)14-21)31-13-12-28-26(34)16-31/h4-11,14H,12-13,15-16H2,1-3H3,(H,28,34)(H,29,33). The summed E-state index contributed by atoms with van der Waals surface area (Å²) >= 11 is 6.43. The maximum absolute atomic E-state index is 12.5. The third kappa shape index (κ3) is 5.48. The SMILES string of the molecule is Cc1ccc(Cn2nc(C)c(C=CC(=O)Nc3ccc(N4CCNC(=O)C4)c(Cl)c3)c2C)cc1. The number of amides is 2.